The molecule has 4 atom stereocenters. The molecule has 5 rings (SSSR count). The summed E-state index contributed by atoms with van der Waals surface area (Å²) in [6.07, 6.45) is 5.81. The minimum atomic E-state index is -0.179. The third-order valence-corrected chi connectivity index (χ3v) is 7.15. The maximum atomic E-state index is 12.8. The van der Waals surface area contributed by atoms with Gasteiger partial charge in [0.2, 0.25) is 5.91 Å². The van der Waals surface area contributed by atoms with Crippen LogP contribution in [0, 0.1) is 24.2 Å². The van der Waals surface area contributed by atoms with E-state index in [1.54, 1.807) is 12.3 Å². The molecule has 0 radical (unpaired) electrons. The van der Waals surface area contributed by atoms with Gasteiger partial charge in [0, 0.05) is 35.9 Å². The van der Waals surface area contributed by atoms with E-state index in [4.69, 9.17) is 9.15 Å². The van der Waals surface area contributed by atoms with E-state index in [1.807, 2.05) is 11.8 Å². The highest BCUT2D eigenvalue weighted by atomic mass is 16.5. The Hall–Kier alpha value is -1.82. The molecule has 0 unspecified atom stereocenters. The van der Waals surface area contributed by atoms with Gasteiger partial charge in [0.15, 0.2) is 5.76 Å². The fraction of sp³-hybridized carbons (Fsp3) is 0.700. The van der Waals surface area contributed by atoms with Crippen LogP contribution in [0.4, 0.5) is 0 Å². The van der Waals surface area contributed by atoms with Crippen molar-refractivity contribution < 1.29 is 18.7 Å². The lowest BCUT2D eigenvalue weighted by Gasteiger charge is -2.29. The molecule has 4 aliphatic rings. The lowest BCUT2D eigenvalue weighted by molar-refractivity contribution is -0.136. The van der Waals surface area contributed by atoms with Gasteiger partial charge in [-0.3, -0.25) is 9.59 Å². The normalized spacial score (nSPS) is 36.2. The average molecular weight is 358 g/mol. The molecule has 1 spiro atoms. The summed E-state index contributed by atoms with van der Waals surface area (Å²) in [5, 5.41) is 3.03. The molecule has 6 nitrogen and oxygen atoms in total. The van der Waals surface area contributed by atoms with Crippen LogP contribution in [0.2, 0.25) is 0 Å². The van der Waals surface area contributed by atoms with E-state index in [1.165, 1.54) is 0 Å². The van der Waals surface area contributed by atoms with E-state index < -0.39 is 0 Å². The monoisotopic (exact) mass is 358 g/mol. The summed E-state index contributed by atoms with van der Waals surface area (Å²) in [5.74, 6) is 1.11. The molecule has 6 heteroatoms. The first-order valence-electron chi connectivity index (χ1n) is 9.71. The predicted molar refractivity (Wildman–Crippen MR) is 93.5 cm³/mol. The van der Waals surface area contributed by atoms with Gasteiger partial charge >= 0.3 is 0 Å². The van der Waals surface area contributed by atoms with E-state index in [0.29, 0.717) is 24.1 Å². The van der Waals surface area contributed by atoms with Gasteiger partial charge in [0.25, 0.3) is 5.91 Å². The Balaban J connectivity index is 1.28. The molecule has 4 fully saturated rings. The van der Waals surface area contributed by atoms with Gasteiger partial charge in [-0.05, 0) is 38.7 Å². The summed E-state index contributed by atoms with van der Waals surface area (Å²) in [6, 6.07) is 1.80. The fourth-order valence-electron chi connectivity index (χ4n) is 5.30. The van der Waals surface area contributed by atoms with Crippen LogP contribution in [0.5, 0.6) is 0 Å². The second-order valence-corrected chi connectivity index (χ2v) is 8.92. The van der Waals surface area contributed by atoms with Gasteiger partial charge in [-0.1, -0.05) is 6.92 Å². The number of fused-ring (bicyclic) bond motifs is 1. The largest absolute Gasteiger partial charge is 0.459 e. The van der Waals surface area contributed by atoms with Crippen molar-refractivity contribution >= 4 is 11.8 Å². The highest BCUT2D eigenvalue weighted by Gasteiger charge is 2.64. The third kappa shape index (κ3) is 2.27. The summed E-state index contributed by atoms with van der Waals surface area (Å²) in [5.41, 5.74) is 0.536. The number of hydrogen-bond donors (Lipinski definition) is 1. The molecule has 1 aromatic heterocycles. The number of amides is 2. The molecular weight excluding hydrogens is 332 g/mol. The van der Waals surface area contributed by atoms with E-state index in [0.717, 1.165) is 44.3 Å². The number of hydrogen-bond acceptors (Lipinski definition) is 4. The number of nitrogens with zero attached hydrogens (tertiary/aromatic N) is 1. The summed E-state index contributed by atoms with van der Waals surface area (Å²) >= 11 is 0. The Labute approximate surface area is 153 Å². The zero-order valence-electron chi connectivity index (χ0n) is 15.4. The zero-order chi connectivity index (χ0) is 18.1. The predicted octanol–water partition coefficient (Wildman–Crippen LogP) is 2.12. The first-order valence-corrected chi connectivity index (χ1v) is 9.71. The summed E-state index contributed by atoms with van der Waals surface area (Å²) in [4.78, 5) is 27.2. The van der Waals surface area contributed by atoms with Gasteiger partial charge in [0.1, 0.15) is 0 Å². The Morgan fingerprint density at radius 3 is 2.85 bits per heavy atom. The minimum absolute atomic E-state index is 0.131. The lowest BCUT2D eigenvalue weighted by Crippen LogP contribution is -2.41. The molecule has 2 bridgehead atoms. The first-order chi connectivity index (χ1) is 12.4. The second kappa shape index (κ2) is 5.35. The first kappa shape index (κ1) is 16.4. The number of aryl methyl sites for hydroxylation is 1. The van der Waals surface area contributed by atoms with Gasteiger partial charge in [-0.2, -0.15) is 0 Å². The van der Waals surface area contributed by atoms with Crippen molar-refractivity contribution in [1.82, 2.24) is 10.2 Å². The third-order valence-electron chi connectivity index (χ3n) is 7.15. The average Bonchev–Trinajstić information content (AvgIpc) is 3.03. The molecule has 26 heavy (non-hydrogen) atoms. The van der Waals surface area contributed by atoms with E-state index in [-0.39, 0.29) is 28.9 Å². The highest BCUT2D eigenvalue weighted by molar-refractivity contribution is 5.92. The maximum absolute atomic E-state index is 12.8. The Kier molecular flexibility index (Phi) is 3.36. The van der Waals surface area contributed by atoms with Crippen molar-refractivity contribution in [3.63, 3.8) is 0 Å². The number of ether oxygens (including phenoxy) is 1. The quantitative estimate of drug-likeness (QED) is 0.895. The molecular formula is C20H26N2O4. The number of furan rings is 1. The Morgan fingerprint density at radius 1 is 1.35 bits per heavy atom. The molecule has 3 aliphatic heterocycles. The van der Waals surface area contributed by atoms with Gasteiger partial charge in [0.05, 0.1) is 24.5 Å². The smallest absolute Gasteiger partial charge is 0.287 e. The van der Waals surface area contributed by atoms with Crippen LogP contribution in [0.25, 0.3) is 0 Å². The standard InChI is InChI=1S/C20H26N2O4/c1-12-4-8-25-16(12)17(23)21-9-13-14-10-22(18(24)19(2)6-7-19)11-20(14)5-3-15(13)26-20/h4,8,13-15H,3,5-7,9-11H2,1-2H3,(H,21,23)/t13-,14+,15+,20+/m0/s1. The van der Waals surface area contributed by atoms with Crippen molar-refractivity contribution in [3.8, 4) is 0 Å². The number of carbonyl (C=O) groups excluding carboxylic acids is 2. The topological polar surface area (TPSA) is 71.8 Å². The molecule has 0 aromatic carbocycles. The minimum Gasteiger partial charge on any atom is -0.459 e. The molecule has 1 aromatic rings. The lowest BCUT2D eigenvalue weighted by atomic mass is 9.73. The molecule has 1 N–H and O–H groups in total. The Morgan fingerprint density at radius 2 is 2.15 bits per heavy atom. The maximum Gasteiger partial charge on any atom is 0.287 e. The van der Waals surface area contributed by atoms with Gasteiger partial charge in [-0.15, -0.1) is 0 Å². The molecule has 4 heterocycles. The van der Waals surface area contributed by atoms with Crippen LogP contribution in [0.1, 0.15) is 48.7 Å². The van der Waals surface area contributed by atoms with Crippen LogP contribution >= 0.6 is 0 Å². The van der Waals surface area contributed by atoms with Crippen LogP contribution in [0.15, 0.2) is 16.7 Å². The molecule has 140 valence electrons. The Bertz CT molecular complexity index is 768. The van der Waals surface area contributed by atoms with Crippen molar-refractivity contribution in [2.24, 2.45) is 17.3 Å². The van der Waals surface area contributed by atoms with Crippen LogP contribution in [0.3, 0.4) is 0 Å². The van der Waals surface area contributed by atoms with E-state index >= 15 is 0 Å². The zero-order valence-corrected chi connectivity index (χ0v) is 15.4. The van der Waals surface area contributed by atoms with Crippen molar-refractivity contribution in [1.29, 1.82) is 0 Å². The van der Waals surface area contributed by atoms with Gasteiger partial charge in [-0.25, -0.2) is 0 Å². The van der Waals surface area contributed by atoms with Crippen molar-refractivity contribution in [2.75, 3.05) is 19.6 Å². The molecule has 3 saturated heterocycles. The molecule has 2 amide bonds. The number of carbonyl (C=O) groups is 2. The SMILES string of the molecule is Cc1ccoc1C(=O)NC[C@H]1[C@H]2CN(C(=O)C3(C)CC3)C[C@]23CC[C@H]1O3. The highest BCUT2D eigenvalue weighted by Crippen LogP contribution is 2.56. The molecule has 1 aliphatic carbocycles. The second-order valence-electron chi connectivity index (χ2n) is 8.92. The van der Waals surface area contributed by atoms with Gasteiger partial charge < -0.3 is 19.4 Å². The van der Waals surface area contributed by atoms with E-state index in [2.05, 4.69) is 12.2 Å². The van der Waals surface area contributed by atoms with Crippen LogP contribution < -0.4 is 5.32 Å². The number of nitrogens with one attached hydrogen (secondary N) is 1. The summed E-state index contributed by atoms with van der Waals surface area (Å²) < 4.78 is 11.7. The summed E-state index contributed by atoms with van der Waals surface area (Å²) in [7, 11) is 0. The van der Waals surface area contributed by atoms with Crippen LogP contribution in [-0.4, -0.2) is 48.1 Å². The van der Waals surface area contributed by atoms with Crippen molar-refractivity contribution in [3.05, 3.63) is 23.7 Å². The molecule has 1 saturated carbocycles. The van der Waals surface area contributed by atoms with E-state index in [9.17, 15) is 9.59 Å². The van der Waals surface area contributed by atoms with Crippen molar-refractivity contribution in [2.45, 2.75) is 51.2 Å². The number of likely N-dealkylation sites (tertiary alicyclic amines) is 1. The number of rotatable bonds is 4. The van der Waals surface area contributed by atoms with Crippen LogP contribution in [-0.2, 0) is 9.53 Å². The summed E-state index contributed by atoms with van der Waals surface area (Å²) in [6.45, 7) is 6.01. The fourth-order valence-corrected chi connectivity index (χ4v) is 5.30.